The van der Waals surface area contributed by atoms with Crippen molar-refractivity contribution < 1.29 is 29.3 Å². The van der Waals surface area contributed by atoms with Crippen LogP contribution in [0.25, 0.3) is 0 Å². The molecule has 0 amide bonds. The van der Waals surface area contributed by atoms with Crippen molar-refractivity contribution in [2.75, 3.05) is 0 Å². The number of ether oxygens (including phenoxy) is 2. The monoisotopic (exact) mass is 510 g/mol. The van der Waals surface area contributed by atoms with Crippen molar-refractivity contribution in [3.05, 3.63) is 22.8 Å². The van der Waals surface area contributed by atoms with Gasteiger partial charge >= 0.3 is 0 Å². The number of Topliss-reactive ketones (excluding diaryl/α,β-unsaturated/α-hetero) is 2. The Labute approximate surface area is 209 Å². The predicted molar refractivity (Wildman–Crippen MR) is 128 cm³/mol. The van der Waals surface area contributed by atoms with Gasteiger partial charge < -0.3 is 19.7 Å². The van der Waals surface area contributed by atoms with Gasteiger partial charge in [0.1, 0.15) is 16.4 Å². The molecule has 6 atom stereocenters. The van der Waals surface area contributed by atoms with Gasteiger partial charge in [0, 0.05) is 11.1 Å². The lowest BCUT2D eigenvalue weighted by molar-refractivity contribution is -0.174. The third-order valence-corrected chi connectivity index (χ3v) is 10.6. The smallest absolute Gasteiger partial charge is 0.197 e. The Morgan fingerprint density at radius 3 is 2.35 bits per heavy atom. The molecule has 2 N–H and O–H groups in total. The number of phenolic OH excluding ortho intramolecular Hbond substituents is 2. The van der Waals surface area contributed by atoms with Gasteiger partial charge in [-0.15, -0.1) is 23.2 Å². The van der Waals surface area contributed by atoms with E-state index in [2.05, 4.69) is 20.8 Å². The van der Waals surface area contributed by atoms with E-state index in [9.17, 15) is 19.8 Å². The first-order valence-corrected chi connectivity index (χ1v) is 12.7. The number of aromatic hydroxyl groups is 2. The second kappa shape index (κ2) is 6.90. The quantitative estimate of drug-likeness (QED) is 0.524. The third-order valence-electron chi connectivity index (χ3n) is 9.29. The molecule has 34 heavy (non-hydrogen) atoms. The van der Waals surface area contributed by atoms with E-state index in [4.69, 9.17) is 32.7 Å². The summed E-state index contributed by atoms with van der Waals surface area (Å²) in [6.45, 7) is 11.4. The van der Waals surface area contributed by atoms with Crippen LogP contribution < -0.4 is 0 Å². The van der Waals surface area contributed by atoms with Crippen molar-refractivity contribution in [1.82, 2.24) is 0 Å². The molecule has 3 fully saturated rings. The molecule has 1 aromatic rings. The number of alkyl halides is 2. The molecule has 5 rings (SSSR count). The summed E-state index contributed by atoms with van der Waals surface area (Å²) in [7, 11) is 0. The number of ketones is 2. The van der Waals surface area contributed by atoms with Crippen molar-refractivity contribution in [3.8, 4) is 11.5 Å². The molecule has 6 nitrogen and oxygen atoms in total. The number of rotatable bonds is 2. The standard InChI is InChI=1S/C26H32Cl2O6/c1-12-14(29)9-13-18(19(12)30)21(32)25(28)11-16(27)23(4,5)34-26(25,20(13)31)10-15-22(2,3)17-7-8-24(15,6)33-17/h9,15-17,29-30H,7-8,10-11H2,1-6H3/t15-,16+,17-,24-,25-,26-/m0/s1. The zero-order valence-corrected chi connectivity index (χ0v) is 21.9. The van der Waals surface area contributed by atoms with E-state index in [0.29, 0.717) is 0 Å². The summed E-state index contributed by atoms with van der Waals surface area (Å²) in [5.74, 6) is -1.94. The van der Waals surface area contributed by atoms with Gasteiger partial charge in [0.15, 0.2) is 17.2 Å². The summed E-state index contributed by atoms with van der Waals surface area (Å²) in [4.78, 5) is 26.6. The van der Waals surface area contributed by atoms with Crippen LogP contribution in [0.1, 0.15) is 86.6 Å². The summed E-state index contributed by atoms with van der Waals surface area (Å²) in [5, 5.41) is 20.5. The van der Waals surface area contributed by atoms with Crippen LogP contribution in [0.3, 0.4) is 0 Å². The van der Waals surface area contributed by atoms with E-state index in [-0.39, 0.29) is 52.7 Å². The highest BCUT2D eigenvalue weighted by Gasteiger charge is 2.73. The zero-order valence-electron chi connectivity index (χ0n) is 20.4. The number of benzene rings is 1. The average molecular weight is 511 g/mol. The molecular formula is C26H32Cl2O6. The Balaban J connectivity index is 1.75. The molecule has 0 aromatic heterocycles. The summed E-state index contributed by atoms with van der Waals surface area (Å²) in [6.07, 6.45) is 1.99. The number of carbonyl (C=O) groups is 2. The van der Waals surface area contributed by atoms with Crippen LogP contribution in [0.4, 0.5) is 0 Å². The van der Waals surface area contributed by atoms with Gasteiger partial charge in [-0.2, -0.15) is 0 Å². The highest BCUT2D eigenvalue weighted by molar-refractivity contribution is 6.45. The lowest BCUT2D eigenvalue weighted by Gasteiger charge is -2.58. The number of carbonyl (C=O) groups excluding carboxylic acids is 2. The topological polar surface area (TPSA) is 93.1 Å². The molecule has 8 heteroatoms. The fraction of sp³-hybridized carbons (Fsp3) is 0.692. The minimum absolute atomic E-state index is 0.000632. The molecular weight excluding hydrogens is 479 g/mol. The van der Waals surface area contributed by atoms with E-state index < -0.39 is 44.4 Å². The van der Waals surface area contributed by atoms with E-state index in [0.717, 1.165) is 12.8 Å². The van der Waals surface area contributed by atoms with Crippen LogP contribution in [-0.2, 0) is 9.47 Å². The first-order chi connectivity index (χ1) is 15.5. The lowest BCUT2D eigenvalue weighted by atomic mass is 9.55. The Kier molecular flexibility index (Phi) is 4.95. The van der Waals surface area contributed by atoms with Crippen molar-refractivity contribution in [2.24, 2.45) is 11.3 Å². The van der Waals surface area contributed by atoms with E-state index >= 15 is 0 Å². The highest BCUT2D eigenvalue weighted by atomic mass is 35.5. The molecule has 1 aromatic carbocycles. The van der Waals surface area contributed by atoms with Gasteiger partial charge in [-0.1, -0.05) is 13.8 Å². The minimum Gasteiger partial charge on any atom is -0.508 e. The van der Waals surface area contributed by atoms with Gasteiger partial charge in [0.05, 0.1) is 28.2 Å². The predicted octanol–water partition coefficient (Wildman–Crippen LogP) is 5.29. The summed E-state index contributed by atoms with van der Waals surface area (Å²) in [5.41, 5.74) is -3.57. The molecule has 3 saturated heterocycles. The largest absolute Gasteiger partial charge is 0.508 e. The zero-order chi connectivity index (χ0) is 25.2. The summed E-state index contributed by atoms with van der Waals surface area (Å²) < 4.78 is 13.0. The molecule has 0 unspecified atom stereocenters. The third kappa shape index (κ3) is 2.77. The van der Waals surface area contributed by atoms with Crippen LogP contribution in [0, 0.1) is 18.3 Å². The SMILES string of the molecule is Cc1c(O)cc2c(c1O)C(=O)[C@@]1(Cl)C[C@@H](Cl)C(C)(C)O[C@@]1(C[C@H]1C(C)(C)[C@@H]3CC[C@]1(C)O3)C2=O. The van der Waals surface area contributed by atoms with Crippen molar-refractivity contribution in [3.63, 3.8) is 0 Å². The molecule has 0 radical (unpaired) electrons. The van der Waals surface area contributed by atoms with Gasteiger partial charge in [-0.25, -0.2) is 0 Å². The second-order valence-electron chi connectivity index (χ2n) is 12.0. The maximum Gasteiger partial charge on any atom is 0.197 e. The van der Waals surface area contributed by atoms with Crippen molar-refractivity contribution in [1.29, 1.82) is 0 Å². The maximum atomic E-state index is 14.4. The Bertz CT molecular complexity index is 1120. The molecule has 2 bridgehead atoms. The molecule has 186 valence electrons. The van der Waals surface area contributed by atoms with Crippen LogP contribution >= 0.6 is 23.2 Å². The first kappa shape index (κ1) is 24.4. The number of hydrogen-bond acceptors (Lipinski definition) is 6. The van der Waals surface area contributed by atoms with Gasteiger partial charge in [-0.3, -0.25) is 9.59 Å². The van der Waals surface area contributed by atoms with Crippen molar-refractivity contribution in [2.45, 2.75) is 100 Å². The normalized spacial score (nSPS) is 41.9. The maximum absolute atomic E-state index is 14.4. The Morgan fingerprint density at radius 1 is 1.12 bits per heavy atom. The number of halogens is 2. The number of phenols is 2. The molecule has 3 aliphatic heterocycles. The van der Waals surface area contributed by atoms with E-state index in [1.54, 1.807) is 13.8 Å². The highest BCUT2D eigenvalue weighted by Crippen LogP contribution is 2.64. The average Bonchev–Trinajstić information content (AvgIpc) is 3.22. The minimum atomic E-state index is -1.81. The Hall–Kier alpha value is -1.34. The molecule has 0 spiro atoms. The van der Waals surface area contributed by atoms with Crippen LogP contribution in [0.2, 0.25) is 0 Å². The van der Waals surface area contributed by atoms with Crippen molar-refractivity contribution >= 4 is 34.8 Å². The molecule has 4 aliphatic rings. The summed E-state index contributed by atoms with van der Waals surface area (Å²) in [6, 6.07) is 1.25. The molecule has 0 saturated carbocycles. The molecule has 1 aliphatic carbocycles. The van der Waals surface area contributed by atoms with Crippen LogP contribution in [0.15, 0.2) is 6.07 Å². The Morgan fingerprint density at radius 2 is 1.76 bits per heavy atom. The van der Waals surface area contributed by atoms with Gasteiger partial charge in [0.2, 0.25) is 0 Å². The second-order valence-corrected chi connectivity index (χ2v) is 13.2. The number of hydrogen-bond donors (Lipinski definition) is 2. The fourth-order valence-corrected chi connectivity index (χ4v) is 7.85. The van der Waals surface area contributed by atoms with Gasteiger partial charge in [-0.05, 0) is 70.8 Å². The first-order valence-electron chi connectivity index (χ1n) is 11.9. The fourth-order valence-electron chi connectivity index (χ4n) is 7.05. The number of fused-ring (bicyclic) bond motifs is 4. The lowest BCUT2D eigenvalue weighted by Crippen LogP contribution is -2.73. The summed E-state index contributed by atoms with van der Waals surface area (Å²) >= 11 is 13.9. The van der Waals surface area contributed by atoms with Crippen LogP contribution in [-0.4, -0.2) is 54.9 Å². The van der Waals surface area contributed by atoms with E-state index in [1.807, 2.05) is 0 Å². The van der Waals surface area contributed by atoms with Gasteiger partial charge in [0.25, 0.3) is 0 Å². The van der Waals surface area contributed by atoms with E-state index in [1.165, 1.54) is 13.0 Å². The molecule has 3 heterocycles. The van der Waals surface area contributed by atoms with Crippen LogP contribution in [0.5, 0.6) is 11.5 Å².